The lowest BCUT2D eigenvalue weighted by Gasteiger charge is -2.21. The lowest BCUT2D eigenvalue weighted by atomic mass is 9.96. The number of carboxylic acids is 1. The highest BCUT2D eigenvalue weighted by Gasteiger charge is 2.34. The van der Waals surface area contributed by atoms with Crippen LogP contribution in [0.2, 0.25) is 5.02 Å². The summed E-state index contributed by atoms with van der Waals surface area (Å²) in [6.07, 6.45) is -7.27. The molecule has 9 heteroatoms. The number of fused-ring (bicyclic) bond motifs is 1. The molecule has 2 rings (SSSR count). The number of aliphatic hydroxyl groups excluding tert-OH is 4. The molecule has 1 heterocycles. The largest absolute Gasteiger partial charge is 0.479 e. The van der Waals surface area contributed by atoms with Crippen molar-refractivity contribution in [3.05, 3.63) is 34.3 Å². The number of aliphatic hydroxyl groups is 4. The molecule has 146 valence electrons. The fourth-order valence-corrected chi connectivity index (χ4v) is 2.70. The number of hydrogen-bond donors (Lipinski definition) is 6. The second-order valence-corrected chi connectivity index (χ2v) is 6.53. The highest BCUT2D eigenvalue weighted by molar-refractivity contribution is 6.30. The molecule has 1 aliphatic heterocycles. The van der Waals surface area contributed by atoms with E-state index in [0.29, 0.717) is 5.92 Å². The van der Waals surface area contributed by atoms with Crippen LogP contribution < -0.4 is 5.32 Å². The smallest absolute Gasteiger partial charge is 0.335 e. The average molecular weight is 390 g/mol. The lowest BCUT2D eigenvalue weighted by molar-refractivity contribution is -0.163. The van der Waals surface area contributed by atoms with Crippen molar-refractivity contribution in [1.29, 1.82) is 0 Å². The third-order valence-corrected chi connectivity index (χ3v) is 4.31. The predicted octanol–water partition coefficient (Wildman–Crippen LogP) is -0.697. The maximum Gasteiger partial charge on any atom is 0.335 e. The maximum absolute atomic E-state index is 10.1. The first kappa shape index (κ1) is 22.5. The summed E-state index contributed by atoms with van der Waals surface area (Å²) < 4.78 is 0. The highest BCUT2D eigenvalue weighted by atomic mass is 35.5. The van der Waals surface area contributed by atoms with Gasteiger partial charge in [0.2, 0.25) is 0 Å². The topological polar surface area (TPSA) is 147 Å². The first-order valence-electron chi connectivity index (χ1n) is 8.08. The molecule has 0 radical (unpaired) electrons. The number of aldehydes is 1. The molecule has 0 aromatic heterocycles. The number of benzene rings is 1. The molecule has 1 aromatic carbocycles. The van der Waals surface area contributed by atoms with Gasteiger partial charge in [0.25, 0.3) is 0 Å². The Bertz CT molecular complexity index is 613. The van der Waals surface area contributed by atoms with Gasteiger partial charge in [-0.3, -0.25) is 0 Å². The third-order valence-electron chi connectivity index (χ3n) is 4.08. The normalized spacial score (nSPS) is 21.1. The molecule has 5 atom stereocenters. The molecule has 0 unspecified atom stereocenters. The molecule has 1 aromatic rings. The van der Waals surface area contributed by atoms with E-state index >= 15 is 0 Å². The summed E-state index contributed by atoms with van der Waals surface area (Å²) in [6, 6.07) is 6.24. The van der Waals surface area contributed by atoms with Gasteiger partial charge in [-0.1, -0.05) is 24.6 Å². The molecule has 8 nitrogen and oxygen atoms in total. The Morgan fingerprint density at radius 1 is 1.27 bits per heavy atom. The Kier molecular flexibility index (Phi) is 9.14. The van der Waals surface area contributed by atoms with E-state index in [1.807, 2.05) is 6.07 Å². The third kappa shape index (κ3) is 6.31. The van der Waals surface area contributed by atoms with Gasteiger partial charge in [0, 0.05) is 11.6 Å². The number of carbonyl (C=O) groups excluding carboxylic acids is 1. The molecule has 0 saturated carbocycles. The van der Waals surface area contributed by atoms with Crippen molar-refractivity contribution < 1.29 is 35.1 Å². The highest BCUT2D eigenvalue weighted by Crippen LogP contribution is 2.25. The standard InChI is InChI=1S/C11H14ClN.C6H10O7/c1-8-7-13-5-4-9-2-3-10(12)6-11(8)9;7-1-2(8)3(9)4(10)5(11)6(12)13/h2-3,6,8,13H,4-5,7H2,1H3;1-5,8-11H,(H,12,13)/t8-;2-,3+,4-,5-/m00/s1. The van der Waals surface area contributed by atoms with Crippen molar-refractivity contribution in [3.8, 4) is 0 Å². The summed E-state index contributed by atoms with van der Waals surface area (Å²) in [4.78, 5) is 20.0. The van der Waals surface area contributed by atoms with Gasteiger partial charge in [0.15, 0.2) is 12.4 Å². The van der Waals surface area contributed by atoms with Crippen molar-refractivity contribution >= 4 is 23.9 Å². The van der Waals surface area contributed by atoms with Gasteiger partial charge in [0.05, 0.1) is 0 Å². The van der Waals surface area contributed by atoms with Gasteiger partial charge in [-0.2, -0.15) is 0 Å². The fourth-order valence-electron chi connectivity index (χ4n) is 2.52. The van der Waals surface area contributed by atoms with Crippen molar-refractivity contribution in [3.63, 3.8) is 0 Å². The van der Waals surface area contributed by atoms with Crippen LogP contribution in [0.3, 0.4) is 0 Å². The molecule has 6 N–H and O–H groups in total. The Labute approximate surface area is 156 Å². The van der Waals surface area contributed by atoms with E-state index in [2.05, 4.69) is 24.4 Å². The van der Waals surface area contributed by atoms with Crippen LogP contribution in [0.1, 0.15) is 24.0 Å². The van der Waals surface area contributed by atoms with Gasteiger partial charge >= 0.3 is 5.97 Å². The van der Waals surface area contributed by atoms with E-state index in [9.17, 15) is 9.59 Å². The second-order valence-electron chi connectivity index (χ2n) is 6.09. The van der Waals surface area contributed by atoms with Crippen molar-refractivity contribution in [2.45, 2.75) is 43.7 Å². The quantitative estimate of drug-likeness (QED) is 0.362. The Balaban J connectivity index is 0.000000260. The van der Waals surface area contributed by atoms with Crippen LogP contribution in [0.5, 0.6) is 0 Å². The zero-order valence-electron chi connectivity index (χ0n) is 14.2. The lowest BCUT2D eigenvalue weighted by Crippen LogP contribution is -2.48. The molecular weight excluding hydrogens is 366 g/mol. The summed E-state index contributed by atoms with van der Waals surface area (Å²) in [7, 11) is 0. The molecule has 0 spiro atoms. The molecule has 1 aliphatic rings. The molecule has 0 bridgehead atoms. The van der Waals surface area contributed by atoms with Crippen molar-refractivity contribution in [1.82, 2.24) is 5.32 Å². The minimum atomic E-state index is -2.25. The molecule has 0 fully saturated rings. The SMILES string of the molecule is C[C@H]1CNCCc2ccc(Cl)cc21.O=C[C@H](O)[C@@H](O)[C@H](O)[C@H](O)C(=O)O. The number of carboxylic acid groups (broad SMARTS) is 1. The van der Waals surface area contributed by atoms with E-state index in [1.165, 1.54) is 11.1 Å². The number of hydrogen-bond acceptors (Lipinski definition) is 7. The first-order chi connectivity index (χ1) is 12.2. The number of carbonyl (C=O) groups is 2. The van der Waals surface area contributed by atoms with E-state index < -0.39 is 30.4 Å². The van der Waals surface area contributed by atoms with Crippen LogP contribution in [-0.2, 0) is 16.0 Å². The molecule has 0 aliphatic carbocycles. The number of aliphatic carboxylic acids is 1. The number of nitrogens with one attached hydrogen (secondary N) is 1. The zero-order chi connectivity index (χ0) is 19.9. The number of rotatable bonds is 5. The Hall–Kier alpha value is -1.55. The monoisotopic (exact) mass is 389 g/mol. The van der Waals surface area contributed by atoms with Gasteiger partial charge in [-0.05, 0) is 42.1 Å². The Morgan fingerprint density at radius 2 is 1.92 bits per heavy atom. The molecule has 26 heavy (non-hydrogen) atoms. The fraction of sp³-hybridized carbons (Fsp3) is 0.529. The van der Waals surface area contributed by atoms with E-state index in [4.69, 9.17) is 37.1 Å². The van der Waals surface area contributed by atoms with Crippen molar-refractivity contribution in [2.75, 3.05) is 13.1 Å². The van der Waals surface area contributed by atoms with Crippen LogP contribution in [-0.4, -0.2) is 75.3 Å². The predicted molar refractivity (Wildman–Crippen MR) is 94.2 cm³/mol. The van der Waals surface area contributed by atoms with Crippen LogP contribution in [0.4, 0.5) is 0 Å². The summed E-state index contributed by atoms with van der Waals surface area (Å²) in [6.45, 7) is 4.39. The summed E-state index contributed by atoms with van der Waals surface area (Å²) >= 11 is 5.97. The second kappa shape index (κ2) is 10.6. The minimum Gasteiger partial charge on any atom is -0.479 e. The molecule has 0 saturated heterocycles. The van der Waals surface area contributed by atoms with Gasteiger partial charge in [-0.15, -0.1) is 0 Å². The average Bonchev–Trinajstić information content (AvgIpc) is 2.81. The van der Waals surface area contributed by atoms with Gasteiger partial charge in [0.1, 0.15) is 18.3 Å². The van der Waals surface area contributed by atoms with Crippen LogP contribution in [0, 0.1) is 0 Å². The number of halogens is 1. The Morgan fingerprint density at radius 3 is 2.50 bits per heavy atom. The zero-order valence-corrected chi connectivity index (χ0v) is 15.0. The minimum absolute atomic E-state index is 0.0809. The van der Waals surface area contributed by atoms with Gasteiger partial charge < -0.3 is 35.6 Å². The summed E-state index contributed by atoms with van der Waals surface area (Å²) in [5.74, 6) is -1.18. The molecule has 0 amide bonds. The first-order valence-corrected chi connectivity index (χ1v) is 8.46. The van der Waals surface area contributed by atoms with E-state index in [-0.39, 0.29) is 6.29 Å². The summed E-state index contributed by atoms with van der Waals surface area (Å²) in [5, 5.41) is 47.5. The van der Waals surface area contributed by atoms with Crippen LogP contribution >= 0.6 is 11.6 Å². The van der Waals surface area contributed by atoms with E-state index in [0.717, 1.165) is 24.5 Å². The van der Waals surface area contributed by atoms with Crippen LogP contribution in [0.15, 0.2) is 18.2 Å². The van der Waals surface area contributed by atoms with Crippen LogP contribution in [0.25, 0.3) is 0 Å². The van der Waals surface area contributed by atoms with E-state index in [1.54, 1.807) is 0 Å². The maximum atomic E-state index is 10.1. The molecular formula is C17H24ClNO7. The summed E-state index contributed by atoms with van der Waals surface area (Å²) in [5.41, 5.74) is 2.86. The van der Waals surface area contributed by atoms with Gasteiger partial charge in [-0.25, -0.2) is 4.79 Å². The van der Waals surface area contributed by atoms with Crippen molar-refractivity contribution in [2.24, 2.45) is 0 Å².